The molecule has 1 fully saturated rings. The number of esters is 1. The van der Waals surface area contributed by atoms with Gasteiger partial charge < -0.3 is 9.47 Å². The highest BCUT2D eigenvalue weighted by atomic mass is 32.2. The Hall–Kier alpha value is -3.06. The zero-order valence-corrected chi connectivity index (χ0v) is 17.4. The van der Waals surface area contributed by atoms with Crippen molar-refractivity contribution >= 4 is 40.6 Å². The summed E-state index contributed by atoms with van der Waals surface area (Å²) in [5.41, 5.74) is 1.96. The topological polar surface area (TPSA) is 68.2 Å². The molecule has 0 spiro atoms. The molecule has 1 heterocycles. The summed E-state index contributed by atoms with van der Waals surface area (Å²) in [5, 5.41) is 0.600. The molecule has 1 saturated heterocycles. The molecule has 0 aromatic heterocycles. The lowest BCUT2D eigenvalue weighted by atomic mass is 10.2. The lowest BCUT2D eigenvalue weighted by Gasteiger charge is -2.12. The van der Waals surface area contributed by atoms with Gasteiger partial charge in [-0.1, -0.05) is 18.2 Å². The third kappa shape index (κ3) is 4.68. The van der Waals surface area contributed by atoms with E-state index in [1.165, 1.54) is 11.8 Å². The van der Waals surface area contributed by atoms with Gasteiger partial charge in [-0.3, -0.25) is 9.69 Å². The second-order valence-electron chi connectivity index (χ2n) is 6.06. The number of nitrogens with zero attached hydrogens (tertiary/aromatic N) is 2. The highest BCUT2D eigenvalue weighted by Crippen LogP contribution is 2.35. The Morgan fingerprint density at radius 1 is 1.14 bits per heavy atom. The van der Waals surface area contributed by atoms with E-state index in [2.05, 4.69) is 4.99 Å². The molecule has 1 aliphatic heterocycles. The number of thioether (sulfide) groups is 1. The number of carbonyl (C=O) groups excluding carboxylic acids is 2. The average Bonchev–Trinajstić information content (AvgIpc) is 3.03. The minimum Gasteiger partial charge on any atom is -0.496 e. The second-order valence-corrected chi connectivity index (χ2v) is 7.07. The van der Waals surface area contributed by atoms with Crippen LogP contribution >= 0.6 is 11.8 Å². The Labute approximate surface area is 174 Å². The van der Waals surface area contributed by atoms with Gasteiger partial charge in [0.15, 0.2) is 5.17 Å². The fraction of sp³-hybridized carbons (Fsp3) is 0.227. The van der Waals surface area contributed by atoms with Gasteiger partial charge in [-0.25, -0.2) is 9.79 Å². The number of likely N-dealkylation sites (N-methyl/N-ethyl adjacent to an activating group) is 1. The predicted octanol–water partition coefficient (Wildman–Crippen LogP) is 4.50. The van der Waals surface area contributed by atoms with Crippen molar-refractivity contribution in [2.45, 2.75) is 13.8 Å². The third-order valence-corrected chi connectivity index (χ3v) is 5.24. The maximum Gasteiger partial charge on any atom is 0.338 e. The van der Waals surface area contributed by atoms with Gasteiger partial charge in [0.25, 0.3) is 5.91 Å². The first kappa shape index (κ1) is 20.7. The Bertz CT molecular complexity index is 967. The largest absolute Gasteiger partial charge is 0.496 e. The molecule has 0 unspecified atom stereocenters. The molecular formula is C22H22N2O4S. The van der Waals surface area contributed by atoms with Crippen molar-refractivity contribution in [3.05, 3.63) is 64.6 Å². The number of para-hydroxylation sites is 1. The number of hydrogen-bond donors (Lipinski definition) is 0. The van der Waals surface area contributed by atoms with Crippen LogP contribution in [0.4, 0.5) is 5.69 Å². The summed E-state index contributed by atoms with van der Waals surface area (Å²) < 4.78 is 10.4. The first-order valence-electron chi connectivity index (χ1n) is 9.27. The maximum atomic E-state index is 12.8. The summed E-state index contributed by atoms with van der Waals surface area (Å²) >= 11 is 1.32. The molecule has 0 atom stereocenters. The number of hydrogen-bond acceptors (Lipinski definition) is 6. The number of aliphatic imine (C=N–C) groups is 1. The minimum absolute atomic E-state index is 0.0923. The lowest BCUT2D eigenvalue weighted by Crippen LogP contribution is -2.28. The van der Waals surface area contributed by atoms with Gasteiger partial charge >= 0.3 is 5.97 Å². The predicted molar refractivity (Wildman–Crippen MR) is 115 cm³/mol. The molecule has 6 nitrogen and oxygen atoms in total. The molecule has 2 aromatic carbocycles. The Morgan fingerprint density at radius 2 is 1.86 bits per heavy atom. The molecule has 0 saturated carbocycles. The maximum absolute atomic E-state index is 12.8. The van der Waals surface area contributed by atoms with E-state index in [1.54, 1.807) is 43.2 Å². The van der Waals surface area contributed by atoms with Crippen LogP contribution in [0.1, 0.15) is 29.8 Å². The van der Waals surface area contributed by atoms with Crippen molar-refractivity contribution in [1.29, 1.82) is 0 Å². The van der Waals surface area contributed by atoms with E-state index in [0.717, 1.165) is 5.56 Å². The number of benzene rings is 2. The molecule has 1 aliphatic rings. The van der Waals surface area contributed by atoms with E-state index in [-0.39, 0.29) is 11.9 Å². The van der Waals surface area contributed by atoms with Crippen LogP contribution in [0.5, 0.6) is 5.75 Å². The average molecular weight is 410 g/mol. The van der Waals surface area contributed by atoms with E-state index in [4.69, 9.17) is 9.47 Å². The first-order valence-corrected chi connectivity index (χ1v) is 10.1. The van der Waals surface area contributed by atoms with Gasteiger partial charge in [0, 0.05) is 12.1 Å². The zero-order valence-electron chi connectivity index (χ0n) is 16.5. The van der Waals surface area contributed by atoms with Crippen LogP contribution in [0.2, 0.25) is 0 Å². The van der Waals surface area contributed by atoms with Gasteiger partial charge in [0.1, 0.15) is 5.75 Å². The van der Waals surface area contributed by atoms with E-state index < -0.39 is 0 Å². The molecular weight excluding hydrogens is 388 g/mol. The van der Waals surface area contributed by atoms with Crippen LogP contribution in [0.15, 0.2) is 58.4 Å². The third-order valence-electron chi connectivity index (χ3n) is 4.23. The van der Waals surface area contributed by atoms with Gasteiger partial charge in [-0.05, 0) is 62.0 Å². The van der Waals surface area contributed by atoms with Crippen LogP contribution in [0, 0.1) is 0 Å². The van der Waals surface area contributed by atoms with Crippen molar-refractivity contribution in [3.63, 3.8) is 0 Å². The Balaban J connectivity index is 1.87. The number of amides is 1. The van der Waals surface area contributed by atoms with E-state index in [1.807, 2.05) is 37.3 Å². The minimum atomic E-state index is -0.366. The molecule has 0 bridgehead atoms. The fourth-order valence-electron chi connectivity index (χ4n) is 2.79. The first-order chi connectivity index (χ1) is 14.1. The SMILES string of the molecule is CCOC(=O)c1ccc(N=C2S/C(=C\c3ccccc3OC)C(=O)N2CC)cc1. The lowest BCUT2D eigenvalue weighted by molar-refractivity contribution is -0.122. The van der Waals surface area contributed by atoms with Gasteiger partial charge in [-0.15, -0.1) is 0 Å². The van der Waals surface area contributed by atoms with Gasteiger partial charge in [-0.2, -0.15) is 0 Å². The van der Waals surface area contributed by atoms with Crippen molar-refractivity contribution < 1.29 is 19.1 Å². The van der Waals surface area contributed by atoms with Crippen LogP contribution in [0.3, 0.4) is 0 Å². The van der Waals surface area contributed by atoms with Gasteiger partial charge in [0.2, 0.25) is 0 Å². The van der Waals surface area contributed by atoms with Crippen LogP contribution in [-0.4, -0.2) is 42.2 Å². The number of carbonyl (C=O) groups is 2. The molecule has 150 valence electrons. The van der Waals surface area contributed by atoms with Crippen molar-refractivity contribution in [1.82, 2.24) is 4.90 Å². The highest BCUT2D eigenvalue weighted by Gasteiger charge is 2.32. The molecule has 29 heavy (non-hydrogen) atoms. The normalized spacial score (nSPS) is 16.5. The summed E-state index contributed by atoms with van der Waals surface area (Å²) in [6.07, 6.45) is 1.82. The van der Waals surface area contributed by atoms with Crippen molar-refractivity contribution in [2.75, 3.05) is 20.3 Å². The Kier molecular flexibility index (Phi) is 6.72. The molecule has 0 N–H and O–H groups in total. The summed E-state index contributed by atoms with van der Waals surface area (Å²) in [6.45, 7) is 4.51. The molecule has 7 heteroatoms. The van der Waals surface area contributed by atoms with Crippen molar-refractivity contribution in [3.8, 4) is 5.75 Å². The number of amidine groups is 1. The number of rotatable bonds is 6. The summed E-state index contributed by atoms with van der Waals surface area (Å²) in [6, 6.07) is 14.3. The Morgan fingerprint density at radius 3 is 2.52 bits per heavy atom. The van der Waals surface area contributed by atoms with E-state index in [0.29, 0.717) is 40.2 Å². The van der Waals surface area contributed by atoms with E-state index >= 15 is 0 Å². The summed E-state index contributed by atoms with van der Waals surface area (Å²) in [4.78, 5) is 31.4. The molecule has 0 radical (unpaired) electrons. The standard InChI is InChI=1S/C22H22N2O4S/c1-4-24-20(25)19(14-16-8-6-7-9-18(16)27-3)29-22(24)23-17-12-10-15(11-13-17)21(26)28-5-2/h6-14H,4-5H2,1-3H3/b19-14-,23-22?. The number of methoxy groups -OCH3 is 1. The van der Waals surface area contributed by atoms with E-state index in [9.17, 15) is 9.59 Å². The van der Waals surface area contributed by atoms with Gasteiger partial charge in [0.05, 0.1) is 29.9 Å². The monoisotopic (exact) mass is 410 g/mol. The molecule has 0 aliphatic carbocycles. The van der Waals surface area contributed by atoms with Crippen LogP contribution in [-0.2, 0) is 9.53 Å². The molecule has 1 amide bonds. The fourth-order valence-corrected chi connectivity index (χ4v) is 3.85. The molecule has 3 rings (SSSR count). The second kappa shape index (κ2) is 9.43. The van der Waals surface area contributed by atoms with Crippen LogP contribution in [0.25, 0.3) is 6.08 Å². The number of ether oxygens (including phenoxy) is 2. The highest BCUT2D eigenvalue weighted by molar-refractivity contribution is 8.18. The zero-order chi connectivity index (χ0) is 20.8. The smallest absolute Gasteiger partial charge is 0.338 e. The summed E-state index contributed by atoms with van der Waals surface area (Å²) in [5.74, 6) is 0.246. The summed E-state index contributed by atoms with van der Waals surface area (Å²) in [7, 11) is 1.60. The van der Waals surface area contributed by atoms with Crippen LogP contribution < -0.4 is 4.74 Å². The molecule has 2 aromatic rings. The van der Waals surface area contributed by atoms with Crippen molar-refractivity contribution in [2.24, 2.45) is 4.99 Å². The quantitative estimate of drug-likeness (QED) is 0.518.